The topological polar surface area (TPSA) is 76.4 Å². The van der Waals surface area contributed by atoms with Crippen LogP contribution < -0.4 is 4.90 Å². The molecule has 2 fully saturated rings. The summed E-state index contributed by atoms with van der Waals surface area (Å²) in [6.07, 6.45) is 5.98. The summed E-state index contributed by atoms with van der Waals surface area (Å²) >= 11 is 0. The molecule has 1 amide bonds. The van der Waals surface area contributed by atoms with E-state index in [2.05, 4.69) is 20.0 Å². The molecule has 0 aromatic carbocycles. The second-order valence-electron chi connectivity index (χ2n) is 6.06. The Morgan fingerprint density at radius 1 is 1.17 bits per heavy atom. The molecule has 2 aliphatic heterocycles. The van der Waals surface area contributed by atoms with Crippen molar-refractivity contribution in [2.45, 2.75) is 6.42 Å². The van der Waals surface area contributed by atoms with E-state index in [1.54, 1.807) is 17.2 Å². The number of anilines is 1. The molecule has 2 saturated heterocycles. The van der Waals surface area contributed by atoms with E-state index in [1.807, 2.05) is 23.2 Å². The Kier molecular flexibility index (Phi) is 4.12. The zero-order chi connectivity index (χ0) is 16.4. The fourth-order valence-electron chi connectivity index (χ4n) is 3.18. The highest BCUT2D eigenvalue weighted by Gasteiger charge is 2.30. The third kappa shape index (κ3) is 2.96. The second-order valence-corrected chi connectivity index (χ2v) is 6.06. The summed E-state index contributed by atoms with van der Waals surface area (Å²) in [7, 11) is 0. The summed E-state index contributed by atoms with van der Waals surface area (Å²) < 4.78 is 7.04. The molecular weight excluding hydrogens is 308 g/mol. The molecule has 0 spiro atoms. The van der Waals surface area contributed by atoms with Gasteiger partial charge in [0.25, 0.3) is 0 Å². The van der Waals surface area contributed by atoms with Gasteiger partial charge in [-0.25, -0.2) is 14.6 Å². The number of aromatic nitrogens is 4. The van der Waals surface area contributed by atoms with Gasteiger partial charge in [-0.05, 0) is 12.5 Å². The first-order valence-corrected chi connectivity index (χ1v) is 8.25. The molecule has 0 saturated carbocycles. The van der Waals surface area contributed by atoms with Crippen molar-refractivity contribution >= 4 is 11.7 Å². The van der Waals surface area contributed by atoms with Gasteiger partial charge in [-0.15, -0.1) is 0 Å². The minimum Gasteiger partial charge on any atom is -0.381 e. The van der Waals surface area contributed by atoms with Crippen molar-refractivity contribution in [3.05, 3.63) is 30.9 Å². The molecule has 0 N–H and O–H groups in total. The van der Waals surface area contributed by atoms with Crippen LogP contribution in [-0.4, -0.2) is 69.9 Å². The van der Waals surface area contributed by atoms with Crippen LogP contribution in [0.1, 0.15) is 6.42 Å². The predicted molar refractivity (Wildman–Crippen MR) is 86.9 cm³/mol. The average molecular weight is 328 g/mol. The summed E-state index contributed by atoms with van der Waals surface area (Å²) in [6.45, 7) is 4.25. The van der Waals surface area contributed by atoms with E-state index in [1.165, 1.54) is 0 Å². The highest BCUT2D eigenvalue weighted by molar-refractivity contribution is 5.79. The van der Waals surface area contributed by atoms with Crippen molar-refractivity contribution in [1.29, 1.82) is 0 Å². The number of nitrogens with zero attached hydrogens (tertiary/aromatic N) is 6. The molecule has 24 heavy (non-hydrogen) atoms. The van der Waals surface area contributed by atoms with Gasteiger partial charge in [0.2, 0.25) is 5.91 Å². The summed E-state index contributed by atoms with van der Waals surface area (Å²) in [5.41, 5.74) is 0. The molecule has 1 atom stereocenters. The molecule has 0 radical (unpaired) electrons. The lowest BCUT2D eigenvalue weighted by molar-refractivity contribution is -0.135. The van der Waals surface area contributed by atoms with Gasteiger partial charge in [0.05, 0.1) is 12.5 Å². The summed E-state index contributed by atoms with van der Waals surface area (Å²) in [6, 6.07) is 3.79. The van der Waals surface area contributed by atoms with Crippen LogP contribution in [0.15, 0.2) is 30.9 Å². The number of amides is 1. The fraction of sp³-hybridized carbons (Fsp3) is 0.500. The van der Waals surface area contributed by atoms with Crippen molar-refractivity contribution in [1.82, 2.24) is 24.6 Å². The monoisotopic (exact) mass is 328 g/mol. The molecule has 8 heteroatoms. The molecule has 0 aliphatic carbocycles. The Morgan fingerprint density at radius 2 is 2.00 bits per heavy atom. The lowest BCUT2D eigenvalue weighted by Crippen LogP contribution is -2.50. The molecule has 8 nitrogen and oxygen atoms in total. The van der Waals surface area contributed by atoms with Crippen LogP contribution in [0.3, 0.4) is 0 Å². The van der Waals surface area contributed by atoms with E-state index in [9.17, 15) is 4.79 Å². The predicted octanol–water partition coefficient (Wildman–Crippen LogP) is 0.347. The van der Waals surface area contributed by atoms with Crippen LogP contribution in [0.5, 0.6) is 0 Å². The summed E-state index contributed by atoms with van der Waals surface area (Å²) in [4.78, 5) is 25.2. The molecule has 1 unspecified atom stereocenters. The fourth-order valence-corrected chi connectivity index (χ4v) is 3.18. The number of carbonyl (C=O) groups is 1. The van der Waals surface area contributed by atoms with Gasteiger partial charge in [0.1, 0.15) is 12.1 Å². The van der Waals surface area contributed by atoms with Gasteiger partial charge < -0.3 is 14.5 Å². The van der Waals surface area contributed by atoms with E-state index in [0.717, 1.165) is 44.2 Å². The van der Waals surface area contributed by atoms with Crippen LogP contribution in [-0.2, 0) is 9.53 Å². The Balaban J connectivity index is 1.41. The second kappa shape index (κ2) is 6.56. The Morgan fingerprint density at radius 3 is 2.71 bits per heavy atom. The lowest BCUT2D eigenvalue weighted by atomic mass is 10.1. The number of rotatable bonds is 3. The van der Waals surface area contributed by atoms with Crippen LogP contribution >= 0.6 is 0 Å². The Hall–Kier alpha value is -2.48. The van der Waals surface area contributed by atoms with Gasteiger partial charge >= 0.3 is 0 Å². The van der Waals surface area contributed by atoms with E-state index in [-0.39, 0.29) is 11.8 Å². The maximum Gasteiger partial charge on any atom is 0.228 e. The van der Waals surface area contributed by atoms with Gasteiger partial charge in [0.15, 0.2) is 5.82 Å². The third-order valence-corrected chi connectivity index (χ3v) is 4.57. The summed E-state index contributed by atoms with van der Waals surface area (Å²) in [5.74, 6) is 1.88. The number of hydrogen-bond donors (Lipinski definition) is 0. The lowest BCUT2D eigenvalue weighted by Gasteiger charge is -2.36. The Bertz CT molecular complexity index is 690. The number of carbonyl (C=O) groups excluding carboxylic acids is 1. The molecule has 2 aromatic rings. The van der Waals surface area contributed by atoms with Gasteiger partial charge in [-0.3, -0.25) is 4.79 Å². The highest BCUT2D eigenvalue weighted by Crippen LogP contribution is 2.19. The molecular formula is C16H20N6O2. The first kappa shape index (κ1) is 15.1. The molecule has 0 bridgehead atoms. The first-order valence-electron chi connectivity index (χ1n) is 8.25. The van der Waals surface area contributed by atoms with Gasteiger partial charge in [0, 0.05) is 51.2 Å². The van der Waals surface area contributed by atoms with Crippen LogP contribution in [0.2, 0.25) is 0 Å². The summed E-state index contributed by atoms with van der Waals surface area (Å²) in [5, 5.41) is 4.20. The first-order chi connectivity index (χ1) is 11.8. The molecule has 2 aliphatic rings. The van der Waals surface area contributed by atoms with E-state index in [4.69, 9.17) is 4.74 Å². The molecule has 4 heterocycles. The van der Waals surface area contributed by atoms with Crippen molar-refractivity contribution < 1.29 is 9.53 Å². The largest absolute Gasteiger partial charge is 0.381 e. The molecule has 4 rings (SSSR count). The Labute approximate surface area is 140 Å². The standard InChI is InChI=1S/C16H20N6O2/c23-16(13-2-9-24-11-13)21-7-5-20(6-8-21)14-10-15(18-12-17-14)22-4-1-3-19-22/h1,3-4,10,12-13H,2,5-9,11H2. The zero-order valence-corrected chi connectivity index (χ0v) is 13.4. The molecule has 2 aromatic heterocycles. The SMILES string of the molecule is O=C(C1CCOC1)N1CCN(c2cc(-n3cccn3)ncn2)CC1. The van der Waals surface area contributed by atoms with Crippen molar-refractivity contribution in [2.24, 2.45) is 5.92 Å². The quantitative estimate of drug-likeness (QED) is 0.809. The molecule has 126 valence electrons. The van der Waals surface area contributed by atoms with E-state index < -0.39 is 0 Å². The van der Waals surface area contributed by atoms with Crippen molar-refractivity contribution in [3.63, 3.8) is 0 Å². The van der Waals surface area contributed by atoms with Crippen molar-refractivity contribution in [2.75, 3.05) is 44.3 Å². The number of piperazine rings is 1. The van der Waals surface area contributed by atoms with Crippen molar-refractivity contribution in [3.8, 4) is 5.82 Å². The van der Waals surface area contributed by atoms with Gasteiger partial charge in [-0.2, -0.15) is 5.10 Å². The zero-order valence-electron chi connectivity index (χ0n) is 13.4. The van der Waals surface area contributed by atoms with Crippen LogP contribution in [0.25, 0.3) is 5.82 Å². The minimum atomic E-state index is 0.0435. The minimum absolute atomic E-state index is 0.0435. The van der Waals surface area contributed by atoms with Crippen LogP contribution in [0, 0.1) is 5.92 Å². The smallest absolute Gasteiger partial charge is 0.228 e. The van der Waals surface area contributed by atoms with Crippen LogP contribution in [0.4, 0.5) is 5.82 Å². The van der Waals surface area contributed by atoms with E-state index >= 15 is 0 Å². The average Bonchev–Trinajstić information content (AvgIpc) is 3.35. The maximum absolute atomic E-state index is 12.4. The number of hydrogen-bond acceptors (Lipinski definition) is 6. The number of ether oxygens (including phenoxy) is 1. The van der Waals surface area contributed by atoms with Gasteiger partial charge in [-0.1, -0.05) is 0 Å². The highest BCUT2D eigenvalue weighted by atomic mass is 16.5. The van der Waals surface area contributed by atoms with E-state index in [0.29, 0.717) is 13.2 Å². The maximum atomic E-state index is 12.4. The third-order valence-electron chi connectivity index (χ3n) is 4.57. The normalized spacial score (nSPS) is 21.2.